The first-order valence-corrected chi connectivity index (χ1v) is 6.63. The predicted molar refractivity (Wildman–Crippen MR) is 74.6 cm³/mol. The molecule has 1 heterocycles. The van der Waals surface area contributed by atoms with Gasteiger partial charge in [-0.25, -0.2) is 9.78 Å². The quantitative estimate of drug-likeness (QED) is 0.884. The molecule has 4 heteroatoms. The number of hydrogen-bond donors (Lipinski definition) is 2. The van der Waals surface area contributed by atoms with Crippen LogP contribution in [0.4, 0.5) is 5.82 Å². The standard InChI is InChI=1S/C15H16N2O2/c18-15(19)13-7-3-6-12-11(13)8-9-16-14(12)17-10-4-1-2-5-10/h3,6-10H,1-2,4-5H2,(H,16,17)(H,18,19). The fraction of sp³-hybridized carbons (Fsp3) is 0.333. The predicted octanol–water partition coefficient (Wildman–Crippen LogP) is 3.29. The molecule has 1 aliphatic carbocycles. The summed E-state index contributed by atoms with van der Waals surface area (Å²) >= 11 is 0. The first kappa shape index (κ1) is 12.0. The van der Waals surface area contributed by atoms with Crippen molar-refractivity contribution < 1.29 is 9.90 Å². The van der Waals surface area contributed by atoms with Crippen molar-refractivity contribution >= 4 is 22.6 Å². The summed E-state index contributed by atoms with van der Waals surface area (Å²) in [5.41, 5.74) is 0.328. The average molecular weight is 256 g/mol. The van der Waals surface area contributed by atoms with Crippen LogP contribution in [0.15, 0.2) is 30.5 Å². The van der Waals surface area contributed by atoms with E-state index in [1.807, 2.05) is 6.07 Å². The molecule has 0 bridgehead atoms. The molecular weight excluding hydrogens is 240 g/mol. The number of carbonyl (C=O) groups is 1. The molecule has 98 valence electrons. The van der Waals surface area contributed by atoms with Crippen molar-refractivity contribution in [3.8, 4) is 0 Å². The van der Waals surface area contributed by atoms with E-state index in [-0.39, 0.29) is 0 Å². The van der Waals surface area contributed by atoms with E-state index in [1.54, 1.807) is 24.4 Å². The van der Waals surface area contributed by atoms with Gasteiger partial charge < -0.3 is 10.4 Å². The van der Waals surface area contributed by atoms with E-state index in [0.717, 1.165) is 29.4 Å². The number of carboxylic acid groups (broad SMARTS) is 1. The van der Waals surface area contributed by atoms with Crippen LogP contribution >= 0.6 is 0 Å². The molecule has 0 atom stereocenters. The van der Waals surface area contributed by atoms with Crippen LogP contribution in [0, 0.1) is 0 Å². The monoisotopic (exact) mass is 256 g/mol. The first-order chi connectivity index (χ1) is 9.25. The van der Waals surface area contributed by atoms with Crippen molar-refractivity contribution in [2.45, 2.75) is 31.7 Å². The molecule has 1 fully saturated rings. The third kappa shape index (κ3) is 2.26. The number of anilines is 1. The van der Waals surface area contributed by atoms with Gasteiger partial charge in [0.25, 0.3) is 0 Å². The van der Waals surface area contributed by atoms with Gasteiger partial charge in [0.1, 0.15) is 5.82 Å². The minimum Gasteiger partial charge on any atom is -0.478 e. The summed E-state index contributed by atoms with van der Waals surface area (Å²) in [5, 5.41) is 14.3. The molecule has 1 saturated carbocycles. The van der Waals surface area contributed by atoms with Crippen LogP contribution in [-0.2, 0) is 0 Å². The highest BCUT2D eigenvalue weighted by atomic mass is 16.4. The number of nitrogens with one attached hydrogen (secondary N) is 1. The number of hydrogen-bond acceptors (Lipinski definition) is 3. The Balaban J connectivity index is 2.05. The molecule has 1 aromatic carbocycles. The van der Waals surface area contributed by atoms with Gasteiger partial charge in [-0.05, 0) is 25.0 Å². The average Bonchev–Trinajstić information content (AvgIpc) is 2.91. The minimum absolute atomic E-state index is 0.328. The molecule has 1 aromatic heterocycles. The van der Waals surface area contributed by atoms with Crippen molar-refractivity contribution in [2.24, 2.45) is 0 Å². The van der Waals surface area contributed by atoms with Crippen LogP contribution in [0.3, 0.4) is 0 Å². The molecule has 3 rings (SSSR count). The molecule has 0 amide bonds. The molecule has 1 aliphatic rings. The summed E-state index contributed by atoms with van der Waals surface area (Å²) in [6.07, 6.45) is 6.51. The third-order valence-electron chi connectivity index (χ3n) is 3.73. The number of pyridine rings is 1. The number of rotatable bonds is 3. The zero-order valence-electron chi connectivity index (χ0n) is 10.6. The normalized spacial score (nSPS) is 15.8. The second-order valence-electron chi connectivity index (χ2n) is 4.99. The lowest BCUT2D eigenvalue weighted by molar-refractivity contribution is 0.0699. The van der Waals surface area contributed by atoms with Gasteiger partial charge >= 0.3 is 5.97 Å². The summed E-state index contributed by atoms with van der Waals surface area (Å²) in [6.45, 7) is 0. The maximum atomic E-state index is 11.2. The van der Waals surface area contributed by atoms with Crippen LogP contribution in [0.2, 0.25) is 0 Å². The molecule has 0 radical (unpaired) electrons. The maximum Gasteiger partial charge on any atom is 0.336 e. The Labute approximate surface area is 111 Å². The van der Waals surface area contributed by atoms with E-state index in [1.165, 1.54) is 12.8 Å². The van der Waals surface area contributed by atoms with Crippen LogP contribution in [-0.4, -0.2) is 22.1 Å². The molecular formula is C15H16N2O2. The molecule has 0 spiro atoms. The Morgan fingerprint density at radius 1 is 1.21 bits per heavy atom. The van der Waals surface area contributed by atoms with Gasteiger partial charge in [-0.2, -0.15) is 0 Å². The lowest BCUT2D eigenvalue weighted by Gasteiger charge is -2.15. The zero-order valence-corrected chi connectivity index (χ0v) is 10.6. The van der Waals surface area contributed by atoms with E-state index in [2.05, 4.69) is 10.3 Å². The van der Waals surface area contributed by atoms with Gasteiger partial charge in [-0.15, -0.1) is 0 Å². The Bertz CT molecular complexity index is 619. The van der Waals surface area contributed by atoms with Crippen molar-refractivity contribution in [2.75, 3.05) is 5.32 Å². The van der Waals surface area contributed by atoms with Crippen molar-refractivity contribution in [3.05, 3.63) is 36.0 Å². The lowest BCUT2D eigenvalue weighted by Crippen LogP contribution is -2.15. The zero-order chi connectivity index (χ0) is 13.2. The molecule has 2 aromatic rings. The number of benzene rings is 1. The number of carboxylic acids is 1. The highest BCUT2D eigenvalue weighted by Gasteiger charge is 2.17. The minimum atomic E-state index is -0.899. The highest BCUT2D eigenvalue weighted by molar-refractivity contribution is 6.06. The Hall–Kier alpha value is -2.10. The van der Waals surface area contributed by atoms with E-state index >= 15 is 0 Å². The molecule has 2 N–H and O–H groups in total. The van der Waals surface area contributed by atoms with Crippen LogP contribution in [0.5, 0.6) is 0 Å². The van der Waals surface area contributed by atoms with Crippen molar-refractivity contribution in [1.82, 2.24) is 4.98 Å². The van der Waals surface area contributed by atoms with Crippen LogP contribution in [0.25, 0.3) is 10.8 Å². The fourth-order valence-electron chi connectivity index (χ4n) is 2.77. The SMILES string of the molecule is O=C(O)c1cccc2c(NC3CCCC3)nccc12. The van der Waals surface area contributed by atoms with Gasteiger partial charge in [-0.1, -0.05) is 25.0 Å². The van der Waals surface area contributed by atoms with Crippen LogP contribution < -0.4 is 5.32 Å². The summed E-state index contributed by atoms with van der Waals surface area (Å²) in [5.74, 6) is -0.101. The van der Waals surface area contributed by atoms with Crippen molar-refractivity contribution in [3.63, 3.8) is 0 Å². The van der Waals surface area contributed by atoms with Gasteiger partial charge in [0.15, 0.2) is 0 Å². The van der Waals surface area contributed by atoms with E-state index in [4.69, 9.17) is 0 Å². The van der Waals surface area contributed by atoms with Gasteiger partial charge in [0.2, 0.25) is 0 Å². The second-order valence-corrected chi connectivity index (χ2v) is 4.99. The Morgan fingerprint density at radius 2 is 2.00 bits per heavy atom. The topological polar surface area (TPSA) is 62.2 Å². The smallest absolute Gasteiger partial charge is 0.336 e. The molecule has 4 nitrogen and oxygen atoms in total. The molecule has 19 heavy (non-hydrogen) atoms. The number of fused-ring (bicyclic) bond motifs is 1. The van der Waals surface area contributed by atoms with Crippen molar-refractivity contribution in [1.29, 1.82) is 0 Å². The largest absolute Gasteiger partial charge is 0.478 e. The molecule has 0 aliphatic heterocycles. The molecule has 0 saturated heterocycles. The number of aromatic carboxylic acids is 1. The number of aromatic nitrogens is 1. The van der Waals surface area contributed by atoms with Crippen LogP contribution in [0.1, 0.15) is 36.0 Å². The maximum absolute atomic E-state index is 11.2. The van der Waals surface area contributed by atoms with E-state index < -0.39 is 5.97 Å². The number of nitrogens with zero attached hydrogens (tertiary/aromatic N) is 1. The second kappa shape index (κ2) is 4.88. The Kier molecular flexibility index (Phi) is 3.07. The van der Waals surface area contributed by atoms with Gasteiger partial charge in [-0.3, -0.25) is 0 Å². The lowest BCUT2D eigenvalue weighted by atomic mass is 10.1. The van der Waals surface area contributed by atoms with E-state index in [9.17, 15) is 9.90 Å². The Morgan fingerprint density at radius 3 is 2.74 bits per heavy atom. The highest BCUT2D eigenvalue weighted by Crippen LogP contribution is 2.27. The summed E-state index contributed by atoms with van der Waals surface area (Å²) in [7, 11) is 0. The molecule has 0 unspecified atom stereocenters. The summed E-state index contributed by atoms with van der Waals surface area (Å²) < 4.78 is 0. The van der Waals surface area contributed by atoms with Gasteiger partial charge in [0, 0.05) is 23.0 Å². The summed E-state index contributed by atoms with van der Waals surface area (Å²) in [6, 6.07) is 7.55. The van der Waals surface area contributed by atoms with E-state index in [0.29, 0.717) is 11.6 Å². The fourth-order valence-corrected chi connectivity index (χ4v) is 2.77. The summed E-state index contributed by atoms with van der Waals surface area (Å²) in [4.78, 5) is 15.6. The first-order valence-electron chi connectivity index (χ1n) is 6.63. The van der Waals surface area contributed by atoms with Gasteiger partial charge in [0.05, 0.1) is 5.56 Å². The third-order valence-corrected chi connectivity index (χ3v) is 3.73.